The largest absolute Gasteiger partial charge is 0.379 e. The normalized spacial score (nSPS) is 11.4. The van der Waals surface area contributed by atoms with E-state index in [9.17, 15) is 14.9 Å². The number of pyridine rings is 1. The average molecular weight is 376 g/mol. The second-order valence-electron chi connectivity index (χ2n) is 6.14. The van der Waals surface area contributed by atoms with Crippen molar-refractivity contribution in [3.05, 3.63) is 100 Å². The maximum atomic E-state index is 12.5. The van der Waals surface area contributed by atoms with Crippen molar-refractivity contribution >= 4 is 17.3 Å². The van der Waals surface area contributed by atoms with Gasteiger partial charge in [0, 0.05) is 31.4 Å². The fraction of sp³-hybridized carbons (Fsp3) is 0.143. The van der Waals surface area contributed by atoms with Crippen LogP contribution in [0.15, 0.2) is 79.1 Å². The molecule has 0 bridgehead atoms. The summed E-state index contributed by atoms with van der Waals surface area (Å²) in [6, 6.07) is 19.5. The zero-order chi connectivity index (χ0) is 19.8. The number of nitro groups is 1. The number of nitro benzene ring substituents is 1. The van der Waals surface area contributed by atoms with Gasteiger partial charge in [-0.1, -0.05) is 42.5 Å². The minimum absolute atomic E-state index is 0.0122. The first-order chi connectivity index (χ1) is 13.6. The third-order valence-corrected chi connectivity index (χ3v) is 4.25. The van der Waals surface area contributed by atoms with Crippen molar-refractivity contribution in [2.45, 2.75) is 12.5 Å². The molecular formula is C21H20N4O3. The van der Waals surface area contributed by atoms with Gasteiger partial charge in [-0.2, -0.15) is 0 Å². The molecule has 7 heteroatoms. The first kappa shape index (κ1) is 19.0. The first-order valence-corrected chi connectivity index (χ1v) is 8.86. The van der Waals surface area contributed by atoms with E-state index in [-0.39, 0.29) is 30.6 Å². The molecule has 1 unspecified atom stereocenters. The van der Waals surface area contributed by atoms with Gasteiger partial charge >= 0.3 is 0 Å². The van der Waals surface area contributed by atoms with Gasteiger partial charge < -0.3 is 10.6 Å². The molecule has 2 aromatic carbocycles. The van der Waals surface area contributed by atoms with Crippen LogP contribution in [-0.2, 0) is 4.79 Å². The van der Waals surface area contributed by atoms with E-state index in [0.717, 1.165) is 11.1 Å². The smallest absolute Gasteiger partial charge is 0.292 e. The van der Waals surface area contributed by atoms with Crippen LogP contribution in [0.3, 0.4) is 0 Å². The third-order valence-electron chi connectivity index (χ3n) is 4.25. The molecule has 3 rings (SSSR count). The summed E-state index contributed by atoms with van der Waals surface area (Å²) in [7, 11) is 0. The summed E-state index contributed by atoms with van der Waals surface area (Å²) in [4.78, 5) is 27.1. The summed E-state index contributed by atoms with van der Waals surface area (Å²) in [6.07, 6.45) is 3.56. The Morgan fingerprint density at radius 2 is 1.61 bits per heavy atom. The van der Waals surface area contributed by atoms with Crippen molar-refractivity contribution in [1.29, 1.82) is 0 Å². The number of amides is 1. The van der Waals surface area contributed by atoms with E-state index >= 15 is 0 Å². The monoisotopic (exact) mass is 376 g/mol. The van der Waals surface area contributed by atoms with E-state index in [1.165, 1.54) is 6.07 Å². The van der Waals surface area contributed by atoms with E-state index in [1.54, 1.807) is 30.6 Å². The summed E-state index contributed by atoms with van der Waals surface area (Å²) in [6.45, 7) is 0.286. The molecule has 0 aliphatic rings. The van der Waals surface area contributed by atoms with Crippen molar-refractivity contribution < 1.29 is 9.72 Å². The topological polar surface area (TPSA) is 97.2 Å². The molecular weight excluding hydrogens is 356 g/mol. The predicted octanol–water partition coefficient (Wildman–Crippen LogP) is 3.70. The van der Waals surface area contributed by atoms with Crippen molar-refractivity contribution in [3.63, 3.8) is 0 Å². The number of nitrogens with zero attached hydrogens (tertiary/aromatic N) is 2. The SMILES string of the molecule is O=C(CCNc1ccccc1[N+](=O)[O-])NC(c1ccccc1)c1ccncc1. The molecule has 1 atom stereocenters. The number of para-hydroxylation sites is 2. The van der Waals surface area contributed by atoms with Gasteiger partial charge in [0.25, 0.3) is 5.69 Å². The summed E-state index contributed by atoms with van der Waals surface area (Å²) >= 11 is 0. The van der Waals surface area contributed by atoms with Crippen LogP contribution in [0, 0.1) is 10.1 Å². The molecule has 0 aliphatic heterocycles. The zero-order valence-corrected chi connectivity index (χ0v) is 15.1. The summed E-state index contributed by atoms with van der Waals surface area (Å²) in [5.41, 5.74) is 2.28. The molecule has 0 saturated carbocycles. The molecule has 142 valence electrons. The Morgan fingerprint density at radius 3 is 2.32 bits per heavy atom. The van der Waals surface area contributed by atoms with Gasteiger partial charge in [0.1, 0.15) is 5.69 Å². The molecule has 1 heterocycles. The van der Waals surface area contributed by atoms with Crippen LogP contribution in [0.25, 0.3) is 0 Å². The van der Waals surface area contributed by atoms with Crippen LogP contribution in [0.1, 0.15) is 23.6 Å². The third kappa shape index (κ3) is 4.91. The van der Waals surface area contributed by atoms with E-state index in [1.807, 2.05) is 42.5 Å². The highest BCUT2D eigenvalue weighted by atomic mass is 16.6. The second-order valence-corrected chi connectivity index (χ2v) is 6.14. The summed E-state index contributed by atoms with van der Waals surface area (Å²) in [5.74, 6) is -0.156. The summed E-state index contributed by atoms with van der Waals surface area (Å²) < 4.78 is 0. The lowest BCUT2D eigenvalue weighted by molar-refractivity contribution is -0.384. The van der Waals surface area contributed by atoms with E-state index in [2.05, 4.69) is 15.6 Å². The van der Waals surface area contributed by atoms with Gasteiger partial charge in [-0.25, -0.2) is 0 Å². The van der Waals surface area contributed by atoms with Crippen molar-refractivity contribution in [3.8, 4) is 0 Å². The average Bonchev–Trinajstić information content (AvgIpc) is 2.73. The van der Waals surface area contributed by atoms with Crippen LogP contribution in [0.5, 0.6) is 0 Å². The second kappa shape index (κ2) is 9.27. The number of rotatable bonds is 8. The van der Waals surface area contributed by atoms with Gasteiger partial charge in [0.05, 0.1) is 11.0 Å². The van der Waals surface area contributed by atoms with Crippen molar-refractivity contribution in [1.82, 2.24) is 10.3 Å². The van der Waals surface area contributed by atoms with E-state index in [0.29, 0.717) is 5.69 Å². The zero-order valence-electron chi connectivity index (χ0n) is 15.1. The Balaban J connectivity index is 1.64. The van der Waals surface area contributed by atoms with Crippen LogP contribution >= 0.6 is 0 Å². The fourth-order valence-electron chi connectivity index (χ4n) is 2.89. The summed E-state index contributed by atoms with van der Waals surface area (Å²) in [5, 5.41) is 17.1. The molecule has 1 amide bonds. The Bertz CT molecular complexity index is 893. The number of anilines is 1. The number of hydrogen-bond donors (Lipinski definition) is 2. The Labute approximate surface area is 162 Å². The van der Waals surface area contributed by atoms with Crippen LogP contribution in [0.2, 0.25) is 0 Å². The Morgan fingerprint density at radius 1 is 0.964 bits per heavy atom. The fourth-order valence-corrected chi connectivity index (χ4v) is 2.89. The van der Waals surface area contributed by atoms with Crippen molar-refractivity contribution in [2.75, 3.05) is 11.9 Å². The molecule has 3 aromatic rings. The van der Waals surface area contributed by atoms with E-state index in [4.69, 9.17) is 0 Å². The standard InChI is InChI=1S/C21H20N4O3/c26-20(12-15-23-18-8-4-5-9-19(18)25(27)28)24-21(16-6-2-1-3-7-16)17-10-13-22-14-11-17/h1-11,13-14,21,23H,12,15H2,(H,24,26). The number of hydrogen-bond acceptors (Lipinski definition) is 5. The Kier molecular flexibility index (Phi) is 6.30. The molecule has 0 fully saturated rings. The first-order valence-electron chi connectivity index (χ1n) is 8.86. The Hall–Kier alpha value is -3.74. The highest BCUT2D eigenvalue weighted by molar-refractivity contribution is 5.77. The molecule has 0 saturated heterocycles. The van der Waals surface area contributed by atoms with Crippen LogP contribution in [-0.4, -0.2) is 22.4 Å². The maximum absolute atomic E-state index is 12.5. The number of carbonyl (C=O) groups is 1. The molecule has 28 heavy (non-hydrogen) atoms. The quantitative estimate of drug-likeness (QED) is 0.461. The highest BCUT2D eigenvalue weighted by Crippen LogP contribution is 2.23. The molecule has 0 aliphatic carbocycles. The number of benzene rings is 2. The van der Waals surface area contributed by atoms with Crippen LogP contribution in [0.4, 0.5) is 11.4 Å². The molecule has 7 nitrogen and oxygen atoms in total. The number of aromatic nitrogens is 1. The molecule has 0 spiro atoms. The van der Waals surface area contributed by atoms with Crippen LogP contribution < -0.4 is 10.6 Å². The lowest BCUT2D eigenvalue weighted by Gasteiger charge is -2.20. The van der Waals surface area contributed by atoms with Gasteiger partial charge in [-0.05, 0) is 29.3 Å². The molecule has 2 N–H and O–H groups in total. The minimum Gasteiger partial charge on any atom is -0.379 e. The van der Waals surface area contributed by atoms with Gasteiger partial charge in [0.15, 0.2) is 0 Å². The predicted molar refractivity (Wildman–Crippen MR) is 107 cm³/mol. The minimum atomic E-state index is -0.447. The maximum Gasteiger partial charge on any atom is 0.292 e. The van der Waals surface area contributed by atoms with E-state index < -0.39 is 4.92 Å². The van der Waals surface area contributed by atoms with Gasteiger partial charge in [-0.3, -0.25) is 19.9 Å². The van der Waals surface area contributed by atoms with Crippen molar-refractivity contribution in [2.24, 2.45) is 0 Å². The highest BCUT2D eigenvalue weighted by Gasteiger charge is 2.17. The van der Waals surface area contributed by atoms with Gasteiger partial charge in [-0.15, -0.1) is 0 Å². The van der Waals surface area contributed by atoms with Gasteiger partial charge in [0.2, 0.25) is 5.91 Å². The number of nitrogens with one attached hydrogen (secondary N) is 2. The number of carbonyl (C=O) groups excluding carboxylic acids is 1. The molecule has 0 radical (unpaired) electrons. The lowest BCUT2D eigenvalue weighted by Crippen LogP contribution is -2.30. The molecule has 1 aromatic heterocycles. The lowest BCUT2D eigenvalue weighted by atomic mass is 9.99.